The lowest BCUT2D eigenvalue weighted by Crippen LogP contribution is -2.53. The average Bonchev–Trinajstić information content (AvgIpc) is 3.22. The topological polar surface area (TPSA) is 127 Å². The minimum absolute atomic E-state index is 0.0812. The van der Waals surface area contributed by atoms with Crippen LogP contribution in [0.2, 0.25) is 5.02 Å². The van der Waals surface area contributed by atoms with Crippen LogP contribution in [-0.2, 0) is 24.4 Å². The maximum atomic E-state index is 13.0. The molecule has 2 heterocycles. The summed E-state index contributed by atoms with van der Waals surface area (Å²) < 4.78 is 28.5. The lowest BCUT2D eigenvalue weighted by atomic mass is 10.0. The Bertz CT molecular complexity index is 1250. The second-order valence-corrected chi connectivity index (χ2v) is 11.6. The highest BCUT2D eigenvalue weighted by Crippen LogP contribution is 2.24. The predicted octanol–water partition coefficient (Wildman–Crippen LogP) is 2.01. The van der Waals surface area contributed by atoms with Gasteiger partial charge in [-0.15, -0.1) is 0 Å². The van der Waals surface area contributed by atoms with Crippen molar-refractivity contribution in [3.63, 3.8) is 0 Å². The molecule has 2 aliphatic rings. The molecule has 0 radical (unpaired) electrons. The third-order valence-corrected chi connectivity index (χ3v) is 8.66. The molecule has 2 aromatic carbocycles. The van der Waals surface area contributed by atoms with E-state index in [1.807, 2.05) is 19.0 Å². The molecule has 0 aromatic heterocycles. The molecule has 0 saturated carbocycles. The third-order valence-electron chi connectivity index (χ3n) is 6.95. The van der Waals surface area contributed by atoms with E-state index in [1.165, 1.54) is 11.0 Å². The Kier molecular flexibility index (Phi) is 9.51. The van der Waals surface area contributed by atoms with Crippen LogP contribution in [0.25, 0.3) is 10.8 Å². The molecule has 0 aliphatic carbocycles. The van der Waals surface area contributed by atoms with Crippen LogP contribution in [0.4, 0.5) is 0 Å². The maximum absolute atomic E-state index is 13.0. The van der Waals surface area contributed by atoms with Crippen LogP contribution in [0.3, 0.4) is 0 Å². The molecular formula is C25H33ClN4O6S. The van der Waals surface area contributed by atoms with Gasteiger partial charge in [0, 0.05) is 30.7 Å². The molecule has 2 aromatic rings. The summed E-state index contributed by atoms with van der Waals surface area (Å²) in [6.45, 7) is 3.14. The second-order valence-electron chi connectivity index (χ2n) is 9.45. The summed E-state index contributed by atoms with van der Waals surface area (Å²) in [7, 11) is 0.175. The summed E-state index contributed by atoms with van der Waals surface area (Å²) in [4.78, 5) is 40.0. The molecule has 202 valence electrons. The number of carboxylic acid groups (broad SMARTS) is 1. The molecule has 2 amide bonds. The fourth-order valence-electron chi connectivity index (χ4n) is 4.81. The Morgan fingerprint density at radius 1 is 1.11 bits per heavy atom. The lowest BCUT2D eigenvalue weighted by molar-refractivity contribution is -0.144. The Morgan fingerprint density at radius 2 is 1.70 bits per heavy atom. The van der Waals surface area contributed by atoms with Crippen LogP contribution < -0.4 is 4.72 Å². The molecule has 0 unspecified atom stereocenters. The standard InChI is InChI=1S/C24H31ClN4O4S.CH2O2/c1-16(23(30)28-11-8-20(9-12-28)27(2)3)29-13-10-22(24(29)31)26-34(32,33)21-7-5-17-14-19(25)6-4-18(17)15-21;2-1-3/h4-7,14-16,20,22,26H,8-13H2,1-3H3;1H,(H,2,3)/t16-,22-;/m0./s1. The number of likely N-dealkylation sites (tertiary alicyclic amines) is 2. The Morgan fingerprint density at radius 3 is 2.32 bits per heavy atom. The second kappa shape index (κ2) is 12.2. The number of benzene rings is 2. The van der Waals surface area contributed by atoms with Gasteiger partial charge in [0.1, 0.15) is 12.1 Å². The van der Waals surface area contributed by atoms with Crippen molar-refractivity contribution in [2.24, 2.45) is 0 Å². The Balaban J connectivity index is 0.00000121. The highest BCUT2D eigenvalue weighted by atomic mass is 35.5. The summed E-state index contributed by atoms with van der Waals surface area (Å²) in [5, 5.41) is 9.03. The van der Waals surface area contributed by atoms with Crippen LogP contribution >= 0.6 is 11.6 Å². The molecule has 10 nitrogen and oxygen atoms in total. The Hall–Kier alpha value is -2.73. The minimum atomic E-state index is -3.91. The highest BCUT2D eigenvalue weighted by molar-refractivity contribution is 7.89. The van der Waals surface area contributed by atoms with E-state index in [-0.39, 0.29) is 23.2 Å². The average molecular weight is 553 g/mol. The van der Waals surface area contributed by atoms with Crippen molar-refractivity contribution in [1.82, 2.24) is 19.4 Å². The van der Waals surface area contributed by atoms with E-state index in [1.54, 1.807) is 37.3 Å². The Labute approximate surface area is 222 Å². The predicted molar refractivity (Wildman–Crippen MR) is 141 cm³/mol. The largest absolute Gasteiger partial charge is 0.483 e. The summed E-state index contributed by atoms with van der Waals surface area (Å²) >= 11 is 6.01. The zero-order chi connectivity index (χ0) is 27.3. The van der Waals surface area contributed by atoms with Gasteiger partial charge in [0.2, 0.25) is 21.8 Å². The quantitative estimate of drug-likeness (QED) is 0.525. The van der Waals surface area contributed by atoms with E-state index in [9.17, 15) is 18.0 Å². The van der Waals surface area contributed by atoms with Gasteiger partial charge in [-0.1, -0.05) is 23.7 Å². The monoisotopic (exact) mass is 552 g/mol. The summed E-state index contributed by atoms with van der Waals surface area (Å²) in [6, 6.07) is 8.93. The molecule has 2 N–H and O–H groups in total. The van der Waals surface area contributed by atoms with Gasteiger partial charge in [-0.3, -0.25) is 14.4 Å². The molecule has 2 aliphatic heterocycles. The number of piperidine rings is 1. The number of nitrogens with zero attached hydrogens (tertiary/aromatic N) is 3. The molecule has 2 atom stereocenters. The zero-order valence-corrected chi connectivity index (χ0v) is 22.7. The zero-order valence-electron chi connectivity index (χ0n) is 21.1. The molecule has 4 rings (SSSR count). The van der Waals surface area contributed by atoms with E-state index in [4.69, 9.17) is 21.5 Å². The number of amides is 2. The summed E-state index contributed by atoms with van der Waals surface area (Å²) in [6.07, 6.45) is 2.13. The number of fused-ring (bicyclic) bond motifs is 1. The lowest BCUT2D eigenvalue weighted by Gasteiger charge is -2.37. The number of hydrogen-bond acceptors (Lipinski definition) is 6. The van der Waals surface area contributed by atoms with E-state index in [0.717, 1.165) is 23.6 Å². The van der Waals surface area contributed by atoms with Crippen LogP contribution in [0.5, 0.6) is 0 Å². The van der Waals surface area contributed by atoms with Crippen LogP contribution in [0.1, 0.15) is 26.2 Å². The summed E-state index contributed by atoms with van der Waals surface area (Å²) in [5.74, 6) is -0.442. The molecule has 12 heteroatoms. The van der Waals surface area contributed by atoms with E-state index < -0.39 is 22.1 Å². The van der Waals surface area contributed by atoms with Crippen molar-refractivity contribution in [3.8, 4) is 0 Å². The maximum Gasteiger partial charge on any atom is 0.290 e. The first-order valence-electron chi connectivity index (χ1n) is 12.0. The van der Waals surface area contributed by atoms with E-state index in [0.29, 0.717) is 37.1 Å². The van der Waals surface area contributed by atoms with Crippen molar-refractivity contribution in [1.29, 1.82) is 0 Å². The van der Waals surface area contributed by atoms with E-state index in [2.05, 4.69) is 9.62 Å². The number of carbonyl (C=O) groups is 3. The van der Waals surface area contributed by atoms with Crippen LogP contribution in [0.15, 0.2) is 41.3 Å². The molecule has 0 spiro atoms. The number of carbonyl (C=O) groups excluding carboxylic acids is 2. The first-order valence-corrected chi connectivity index (χ1v) is 13.9. The number of halogens is 1. The van der Waals surface area contributed by atoms with Gasteiger partial charge in [0.25, 0.3) is 6.47 Å². The van der Waals surface area contributed by atoms with Gasteiger partial charge in [0.05, 0.1) is 4.90 Å². The molecule has 2 fully saturated rings. The number of nitrogens with one attached hydrogen (secondary N) is 1. The fraction of sp³-hybridized carbons (Fsp3) is 0.480. The molecule has 0 bridgehead atoms. The van der Waals surface area contributed by atoms with Crippen LogP contribution in [-0.4, -0.2) is 98.4 Å². The molecule has 2 saturated heterocycles. The van der Waals surface area contributed by atoms with Crippen molar-refractivity contribution < 1.29 is 27.9 Å². The fourth-order valence-corrected chi connectivity index (χ4v) is 6.25. The molecular weight excluding hydrogens is 520 g/mol. The van der Waals surface area contributed by atoms with Gasteiger partial charge in [-0.25, -0.2) is 8.42 Å². The number of sulfonamides is 1. The highest BCUT2D eigenvalue weighted by Gasteiger charge is 2.40. The van der Waals surface area contributed by atoms with Gasteiger partial charge in [0.15, 0.2) is 0 Å². The summed E-state index contributed by atoms with van der Waals surface area (Å²) in [5.41, 5.74) is 0. The van der Waals surface area contributed by atoms with Gasteiger partial charge < -0.3 is 19.8 Å². The third kappa shape index (κ3) is 6.78. The van der Waals surface area contributed by atoms with Gasteiger partial charge >= 0.3 is 0 Å². The van der Waals surface area contributed by atoms with Crippen molar-refractivity contribution in [2.45, 2.75) is 49.2 Å². The van der Waals surface area contributed by atoms with Crippen molar-refractivity contribution in [3.05, 3.63) is 41.4 Å². The normalized spacial score (nSPS) is 19.6. The number of hydrogen-bond donors (Lipinski definition) is 2. The van der Waals surface area contributed by atoms with Crippen LogP contribution in [0, 0.1) is 0 Å². The van der Waals surface area contributed by atoms with E-state index >= 15 is 0 Å². The van der Waals surface area contributed by atoms with Crippen molar-refractivity contribution in [2.75, 3.05) is 33.7 Å². The van der Waals surface area contributed by atoms with Gasteiger partial charge in [-0.2, -0.15) is 4.72 Å². The first-order chi connectivity index (χ1) is 17.5. The van der Waals surface area contributed by atoms with Crippen molar-refractivity contribution >= 4 is 50.7 Å². The SMILES string of the molecule is C[C@@H](C(=O)N1CCC(N(C)C)CC1)N1CC[C@H](NS(=O)(=O)c2ccc3cc(Cl)ccc3c2)C1=O.O=CO. The van der Waals surface area contributed by atoms with Gasteiger partial charge in [-0.05, 0) is 75.3 Å². The smallest absolute Gasteiger partial charge is 0.290 e. The first kappa shape index (κ1) is 28.8. The number of rotatable bonds is 6. The minimum Gasteiger partial charge on any atom is -0.483 e. The molecule has 37 heavy (non-hydrogen) atoms.